The number of hydrogen-bond acceptors (Lipinski definition) is 5. The summed E-state index contributed by atoms with van der Waals surface area (Å²) in [5.74, 6) is -0.417. The van der Waals surface area contributed by atoms with Crippen molar-refractivity contribution in [3.05, 3.63) is 82.4 Å². The standard InChI is InChI=1S/C19H16F3N5O3/c20-19(21,22)13-6-7-15(16(10-13)27(29)30)24-8-9-25-18(28)17-11-23-12-26(17)14-4-2-1-3-5-14/h1-7,10-12,24H,8-9H2,(H,25,28). The second kappa shape index (κ2) is 8.64. The van der Waals surface area contributed by atoms with E-state index in [4.69, 9.17) is 0 Å². The van der Waals surface area contributed by atoms with Gasteiger partial charge in [0.15, 0.2) is 0 Å². The van der Waals surface area contributed by atoms with Crippen LogP contribution in [-0.2, 0) is 6.18 Å². The fraction of sp³-hybridized carbons (Fsp3) is 0.158. The van der Waals surface area contributed by atoms with Crippen molar-refractivity contribution in [2.75, 3.05) is 18.4 Å². The molecule has 1 heterocycles. The van der Waals surface area contributed by atoms with Crippen molar-refractivity contribution in [1.82, 2.24) is 14.9 Å². The summed E-state index contributed by atoms with van der Waals surface area (Å²) in [5.41, 5.74) is -0.836. The van der Waals surface area contributed by atoms with Crippen LogP contribution in [0.25, 0.3) is 5.69 Å². The summed E-state index contributed by atoms with van der Waals surface area (Å²) in [6.07, 6.45) is -1.79. The number of para-hydroxylation sites is 1. The number of aromatic nitrogens is 2. The normalized spacial score (nSPS) is 11.2. The third-order valence-corrected chi connectivity index (χ3v) is 4.15. The summed E-state index contributed by atoms with van der Waals surface area (Å²) in [4.78, 5) is 26.6. The predicted octanol–water partition coefficient (Wildman–Crippen LogP) is 3.64. The van der Waals surface area contributed by atoms with Gasteiger partial charge in [-0.3, -0.25) is 19.5 Å². The Bertz CT molecular complexity index is 1050. The van der Waals surface area contributed by atoms with E-state index in [1.165, 1.54) is 12.5 Å². The molecule has 11 heteroatoms. The molecule has 0 fully saturated rings. The minimum absolute atomic E-state index is 0.0669. The highest BCUT2D eigenvalue weighted by Gasteiger charge is 2.33. The van der Waals surface area contributed by atoms with Crippen LogP contribution in [0.2, 0.25) is 0 Å². The molecule has 2 N–H and O–H groups in total. The third-order valence-electron chi connectivity index (χ3n) is 4.15. The number of halogens is 3. The molecule has 0 saturated carbocycles. The van der Waals surface area contributed by atoms with Gasteiger partial charge in [0, 0.05) is 24.8 Å². The van der Waals surface area contributed by atoms with Gasteiger partial charge in [-0.15, -0.1) is 0 Å². The molecule has 0 bridgehead atoms. The summed E-state index contributed by atoms with van der Waals surface area (Å²) in [6.45, 7) is 0.147. The molecule has 0 saturated heterocycles. The number of hydrogen-bond donors (Lipinski definition) is 2. The molecule has 2 aromatic carbocycles. The lowest BCUT2D eigenvalue weighted by molar-refractivity contribution is -0.384. The van der Waals surface area contributed by atoms with Gasteiger partial charge in [0.2, 0.25) is 0 Å². The van der Waals surface area contributed by atoms with Gasteiger partial charge in [-0.05, 0) is 24.3 Å². The zero-order valence-electron chi connectivity index (χ0n) is 15.4. The van der Waals surface area contributed by atoms with Crippen molar-refractivity contribution >= 4 is 17.3 Å². The Morgan fingerprint density at radius 1 is 1.13 bits per heavy atom. The number of carbonyl (C=O) groups excluding carboxylic acids is 1. The van der Waals surface area contributed by atoms with Gasteiger partial charge in [0.05, 0.1) is 23.0 Å². The number of nitro groups is 1. The van der Waals surface area contributed by atoms with E-state index in [1.54, 1.807) is 4.57 Å². The fourth-order valence-electron chi connectivity index (χ4n) is 2.73. The Morgan fingerprint density at radius 3 is 2.53 bits per heavy atom. The highest BCUT2D eigenvalue weighted by molar-refractivity contribution is 5.93. The zero-order valence-corrected chi connectivity index (χ0v) is 15.4. The molecule has 0 atom stereocenters. The molecule has 8 nitrogen and oxygen atoms in total. The third kappa shape index (κ3) is 4.74. The number of rotatable bonds is 7. The van der Waals surface area contributed by atoms with Crippen LogP contribution in [0.15, 0.2) is 61.1 Å². The Labute approximate surface area is 168 Å². The Balaban J connectivity index is 1.61. The molecule has 0 radical (unpaired) electrons. The molecule has 3 rings (SSSR count). The van der Waals surface area contributed by atoms with Gasteiger partial charge in [-0.1, -0.05) is 18.2 Å². The number of nitro benzene ring substituents is 1. The van der Waals surface area contributed by atoms with E-state index in [9.17, 15) is 28.1 Å². The largest absolute Gasteiger partial charge is 0.416 e. The second-order valence-electron chi connectivity index (χ2n) is 6.15. The van der Waals surface area contributed by atoms with Crippen LogP contribution in [-0.4, -0.2) is 33.5 Å². The van der Waals surface area contributed by atoms with E-state index < -0.39 is 28.3 Å². The summed E-state index contributed by atoms with van der Waals surface area (Å²) in [5, 5.41) is 16.4. The summed E-state index contributed by atoms with van der Waals surface area (Å²) < 4.78 is 39.9. The number of benzene rings is 2. The first-order valence-corrected chi connectivity index (χ1v) is 8.73. The predicted molar refractivity (Wildman–Crippen MR) is 102 cm³/mol. The lowest BCUT2D eigenvalue weighted by atomic mass is 10.1. The van der Waals surface area contributed by atoms with E-state index in [1.807, 2.05) is 30.3 Å². The number of imidazole rings is 1. The molecular formula is C19H16F3N5O3. The maximum absolute atomic E-state index is 12.8. The van der Waals surface area contributed by atoms with E-state index in [0.29, 0.717) is 11.8 Å². The minimum atomic E-state index is -4.68. The number of anilines is 1. The number of alkyl halides is 3. The SMILES string of the molecule is O=C(NCCNc1ccc(C(F)(F)F)cc1[N+](=O)[O-])c1cncn1-c1ccccc1. The maximum Gasteiger partial charge on any atom is 0.416 e. The van der Waals surface area contributed by atoms with Gasteiger partial charge in [-0.25, -0.2) is 4.98 Å². The lowest BCUT2D eigenvalue weighted by Gasteiger charge is -2.12. The van der Waals surface area contributed by atoms with Crippen LogP contribution < -0.4 is 10.6 Å². The monoisotopic (exact) mass is 419 g/mol. The maximum atomic E-state index is 12.8. The van der Waals surface area contributed by atoms with Crippen LogP contribution in [0.1, 0.15) is 16.1 Å². The van der Waals surface area contributed by atoms with E-state index in [-0.39, 0.29) is 18.8 Å². The summed E-state index contributed by atoms with van der Waals surface area (Å²) in [7, 11) is 0. The van der Waals surface area contributed by atoms with Crippen molar-refractivity contribution in [3.63, 3.8) is 0 Å². The number of carbonyl (C=O) groups is 1. The molecule has 0 aliphatic carbocycles. The summed E-state index contributed by atoms with van der Waals surface area (Å²) >= 11 is 0. The van der Waals surface area contributed by atoms with E-state index in [0.717, 1.165) is 17.8 Å². The van der Waals surface area contributed by atoms with Crippen LogP contribution >= 0.6 is 0 Å². The van der Waals surface area contributed by atoms with Crippen molar-refractivity contribution in [2.24, 2.45) is 0 Å². The minimum Gasteiger partial charge on any atom is -0.378 e. The Hall–Kier alpha value is -3.89. The first kappa shape index (κ1) is 20.8. The molecule has 0 spiro atoms. The number of nitrogens with zero attached hydrogens (tertiary/aromatic N) is 3. The van der Waals surface area contributed by atoms with Gasteiger partial charge in [0.1, 0.15) is 11.4 Å². The Kier molecular flexibility index (Phi) is 6.00. The van der Waals surface area contributed by atoms with Crippen LogP contribution in [0, 0.1) is 10.1 Å². The quantitative estimate of drug-likeness (QED) is 0.346. The Morgan fingerprint density at radius 2 is 1.87 bits per heavy atom. The molecule has 0 unspecified atom stereocenters. The molecule has 156 valence electrons. The van der Waals surface area contributed by atoms with Crippen LogP contribution in [0.5, 0.6) is 0 Å². The molecule has 0 aliphatic heterocycles. The smallest absolute Gasteiger partial charge is 0.378 e. The molecule has 1 aromatic heterocycles. The van der Waals surface area contributed by atoms with Gasteiger partial charge < -0.3 is 10.6 Å². The van der Waals surface area contributed by atoms with Gasteiger partial charge in [-0.2, -0.15) is 13.2 Å². The van der Waals surface area contributed by atoms with E-state index in [2.05, 4.69) is 15.6 Å². The average molecular weight is 419 g/mol. The molecule has 3 aromatic rings. The highest BCUT2D eigenvalue weighted by atomic mass is 19.4. The number of nitrogens with one attached hydrogen (secondary N) is 2. The van der Waals surface area contributed by atoms with Gasteiger partial charge >= 0.3 is 6.18 Å². The topological polar surface area (TPSA) is 102 Å². The van der Waals surface area contributed by atoms with Crippen molar-refractivity contribution in [3.8, 4) is 5.69 Å². The molecule has 0 aliphatic rings. The van der Waals surface area contributed by atoms with Crippen LogP contribution in [0.3, 0.4) is 0 Å². The van der Waals surface area contributed by atoms with E-state index >= 15 is 0 Å². The van der Waals surface area contributed by atoms with Crippen LogP contribution in [0.4, 0.5) is 24.5 Å². The van der Waals surface area contributed by atoms with Crippen molar-refractivity contribution in [2.45, 2.75) is 6.18 Å². The first-order valence-electron chi connectivity index (χ1n) is 8.73. The summed E-state index contributed by atoms with van der Waals surface area (Å²) in [6, 6.07) is 11.3. The zero-order chi connectivity index (χ0) is 21.7. The highest BCUT2D eigenvalue weighted by Crippen LogP contribution is 2.34. The first-order chi connectivity index (χ1) is 14.3. The molecular weight excluding hydrogens is 403 g/mol. The fourth-order valence-corrected chi connectivity index (χ4v) is 2.73. The second-order valence-corrected chi connectivity index (χ2v) is 6.15. The van der Waals surface area contributed by atoms with Crippen molar-refractivity contribution < 1.29 is 22.9 Å². The average Bonchev–Trinajstić information content (AvgIpc) is 3.21. The van der Waals surface area contributed by atoms with Gasteiger partial charge in [0.25, 0.3) is 11.6 Å². The van der Waals surface area contributed by atoms with Crippen molar-refractivity contribution in [1.29, 1.82) is 0 Å². The molecule has 1 amide bonds. The molecule has 30 heavy (non-hydrogen) atoms. The number of amides is 1. The lowest BCUT2D eigenvalue weighted by Crippen LogP contribution is -2.30.